The Hall–Kier alpha value is -1.63. The van der Waals surface area contributed by atoms with Gasteiger partial charge in [-0.15, -0.1) is 0 Å². The SMILES string of the molecule is CC1C(C(N)C(F)(F)F)=COc2c(F)cc(F)cc21. The lowest BCUT2D eigenvalue weighted by atomic mass is 9.87. The molecule has 1 aliphatic heterocycles. The van der Waals surface area contributed by atoms with Crippen molar-refractivity contribution < 1.29 is 26.7 Å². The Morgan fingerprint density at radius 1 is 1.26 bits per heavy atom. The summed E-state index contributed by atoms with van der Waals surface area (Å²) in [5.74, 6) is -3.00. The van der Waals surface area contributed by atoms with E-state index in [0.717, 1.165) is 12.3 Å². The van der Waals surface area contributed by atoms with E-state index in [1.807, 2.05) is 0 Å². The molecule has 1 aromatic carbocycles. The minimum Gasteiger partial charge on any atom is -0.462 e. The largest absolute Gasteiger partial charge is 0.462 e. The maximum Gasteiger partial charge on any atom is 0.407 e. The summed E-state index contributed by atoms with van der Waals surface area (Å²) in [7, 11) is 0. The Bertz CT molecular complexity index is 538. The molecule has 1 aromatic rings. The Kier molecular flexibility index (Phi) is 3.25. The van der Waals surface area contributed by atoms with Crippen molar-refractivity contribution in [3.8, 4) is 5.75 Å². The lowest BCUT2D eigenvalue weighted by Crippen LogP contribution is -2.41. The first-order chi connectivity index (χ1) is 8.71. The van der Waals surface area contributed by atoms with Gasteiger partial charge in [0.2, 0.25) is 0 Å². The number of fused-ring (bicyclic) bond motifs is 1. The van der Waals surface area contributed by atoms with Gasteiger partial charge in [-0.05, 0) is 11.6 Å². The summed E-state index contributed by atoms with van der Waals surface area (Å²) in [6, 6.07) is -0.685. The van der Waals surface area contributed by atoms with Crippen LogP contribution in [0.15, 0.2) is 24.0 Å². The number of alkyl halides is 3. The quantitative estimate of drug-likeness (QED) is 0.801. The fourth-order valence-electron chi connectivity index (χ4n) is 1.97. The van der Waals surface area contributed by atoms with Gasteiger partial charge in [-0.2, -0.15) is 13.2 Å². The molecule has 2 N–H and O–H groups in total. The normalized spacial score (nSPS) is 20.4. The molecular weight excluding hydrogens is 269 g/mol. The fraction of sp³-hybridized carbons (Fsp3) is 0.333. The van der Waals surface area contributed by atoms with E-state index in [0.29, 0.717) is 6.07 Å². The van der Waals surface area contributed by atoms with E-state index in [4.69, 9.17) is 10.5 Å². The summed E-state index contributed by atoms with van der Waals surface area (Å²) < 4.78 is 69.1. The molecule has 0 spiro atoms. The average molecular weight is 279 g/mol. The molecule has 7 heteroatoms. The average Bonchev–Trinajstić information content (AvgIpc) is 2.28. The van der Waals surface area contributed by atoms with Crippen LogP contribution in [0.3, 0.4) is 0 Å². The number of hydrogen-bond donors (Lipinski definition) is 1. The monoisotopic (exact) mass is 279 g/mol. The first-order valence-corrected chi connectivity index (χ1v) is 5.39. The van der Waals surface area contributed by atoms with E-state index in [9.17, 15) is 22.0 Å². The van der Waals surface area contributed by atoms with E-state index in [2.05, 4.69) is 0 Å². The minimum absolute atomic E-state index is 0.00898. The Morgan fingerprint density at radius 3 is 2.47 bits per heavy atom. The summed E-state index contributed by atoms with van der Waals surface area (Å²) in [5, 5.41) is 0. The standard InChI is InChI=1S/C12H10F5NO/c1-5-7-2-6(13)3-9(14)10(7)19-4-8(5)11(18)12(15,16)17/h2-5,11H,18H2,1H3. The predicted molar refractivity (Wildman–Crippen MR) is 57.5 cm³/mol. The van der Waals surface area contributed by atoms with Gasteiger partial charge in [0, 0.05) is 17.5 Å². The Morgan fingerprint density at radius 2 is 1.89 bits per heavy atom. The molecule has 104 valence electrons. The van der Waals surface area contributed by atoms with Crippen LogP contribution in [0.5, 0.6) is 5.75 Å². The molecule has 0 saturated carbocycles. The number of hydrogen-bond acceptors (Lipinski definition) is 2. The zero-order valence-corrected chi connectivity index (χ0v) is 9.76. The Labute approximate surface area is 105 Å². The van der Waals surface area contributed by atoms with Gasteiger partial charge in [-0.3, -0.25) is 0 Å². The molecule has 1 heterocycles. The van der Waals surface area contributed by atoms with Gasteiger partial charge in [0.15, 0.2) is 11.6 Å². The molecule has 2 nitrogen and oxygen atoms in total. The smallest absolute Gasteiger partial charge is 0.407 e. The van der Waals surface area contributed by atoms with Crippen LogP contribution in [-0.2, 0) is 0 Å². The van der Waals surface area contributed by atoms with E-state index in [1.54, 1.807) is 0 Å². The first-order valence-electron chi connectivity index (χ1n) is 5.39. The molecule has 0 radical (unpaired) electrons. The fourth-order valence-corrected chi connectivity index (χ4v) is 1.97. The highest BCUT2D eigenvalue weighted by molar-refractivity contribution is 5.46. The minimum atomic E-state index is -4.65. The van der Waals surface area contributed by atoms with Crippen molar-refractivity contribution in [2.45, 2.75) is 25.1 Å². The van der Waals surface area contributed by atoms with Crippen LogP contribution in [-0.4, -0.2) is 12.2 Å². The highest BCUT2D eigenvalue weighted by Crippen LogP contribution is 2.41. The molecule has 1 aliphatic rings. The van der Waals surface area contributed by atoms with Crippen LogP contribution in [0.4, 0.5) is 22.0 Å². The topological polar surface area (TPSA) is 35.2 Å². The van der Waals surface area contributed by atoms with Gasteiger partial charge < -0.3 is 10.5 Å². The second-order valence-corrected chi connectivity index (χ2v) is 4.28. The summed E-state index contributed by atoms with van der Waals surface area (Å²) in [6.45, 7) is 1.39. The molecule has 19 heavy (non-hydrogen) atoms. The van der Waals surface area contributed by atoms with Gasteiger partial charge in [-0.25, -0.2) is 8.78 Å². The van der Waals surface area contributed by atoms with Crippen LogP contribution in [0.25, 0.3) is 0 Å². The van der Waals surface area contributed by atoms with Gasteiger partial charge in [0.1, 0.15) is 11.9 Å². The molecule has 2 rings (SSSR count). The highest BCUT2D eigenvalue weighted by Gasteiger charge is 2.42. The van der Waals surface area contributed by atoms with E-state index < -0.39 is 29.8 Å². The van der Waals surface area contributed by atoms with Crippen LogP contribution in [0.1, 0.15) is 18.4 Å². The molecule has 0 aromatic heterocycles. The lowest BCUT2D eigenvalue weighted by Gasteiger charge is -2.28. The van der Waals surface area contributed by atoms with Crippen molar-refractivity contribution in [3.05, 3.63) is 41.2 Å². The van der Waals surface area contributed by atoms with Crippen molar-refractivity contribution in [1.82, 2.24) is 0 Å². The second-order valence-electron chi connectivity index (χ2n) is 4.28. The molecule has 2 atom stereocenters. The molecule has 0 fully saturated rings. The summed E-state index contributed by atoms with van der Waals surface area (Å²) in [4.78, 5) is 0. The summed E-state index contributed by atoms with van der Waals surface area (Å²) >= 11 is 0. The highest BCUT2D eigenvalue weighted by atomic mass is 19.4. The zero-order chi connectivity index (χ0) is 14.4. The second kappa shape index (κ2) is 4.48. The van der Waals surface area contributed by atoms with Crippen molar-refractivity contribution in [2.75, 3.05) is 0 Å². The molecule has 2 unspecified atom stereocenters. The molecule has 0 bridgehead atoms. The van der Waals surface area contributed by atoms with Gasteiger partial charge in [-0.1, -0.05) is 6.92 Å². The van der Waals surface area contributed by atoms with E-state index in [1.165, 1.54) is 6.92 Å². The van der Waals surface area contributed by atoms with Crippen LogP contribution in [0, 0.1) is 11.6 Å². The third kappa shape index (κ3) is 2.42. The van der Waals surface area contributed by atoms with Crippen LogP contribution in [0.2, 0.25) is 0 Å². The third-order valence-corrected chi connectivity index (χ3v) is 3.03. The number of ether oxygens (including phenoxy) is 1. The van der Waals surface area contributed by atoms with E-state index >= 15 is 0 Å². The molecule has 0 saturated heterocycles. The molecular formula is C12H10F5NO. The van der Waals surface area contributed by atoms with E-state index in [-0.39, 0.29) is 16.9 Å². The number of nitrogens with two attached hydrogens (primary N) is 1. The third-order valence-electron chi connectivity index (χ3n) is 3.03. The van der Waals surface area contributed by atoms with Crippen molar-refractivity contribution in [3.63, 3.8) is 0 Å². The molecule has 0 aliphatic carbocycles. The lowest BCUT2D eigenvalue weighted by molar-refractivity contribution is -0.140. The van der Waals surface area contributed by atoms with Gasteiger partial charge in [0.05, 0.1) is 6.26 Å². The maximum absolute atomic E-state index is 13.4. The summed E-state index contributed by atoms with van der Waals surface area (Å²) in [5.41, 5.74) is 4.82. The number of benzene rings is 1. The van der Waals surface area contributed by atoms with Crippen LogP contribution < -0.4 is 10.5 Å². The number of rotatable bonds is 1. The number of halogens is 5. The van der Waals surface area contributed by atoms with Crippen molar-refractivity contribution in [1.29, 1.82) is 0 Å². The van der Waals surface area contributed by atoms with Gasteiger partial charge in [0.25, 0.3) is 0 Å². The predicted octanol–water partition coefficient (Wildman–Crippen LogP) is 3.23. The van der Waals surface area contributed by atoms with Crippen LogP contribution >= 0.6 is 0 Å². The maximum atomic E-state index is 13.4. The zero-order valence-electron chi connectivity index (χ0n) is 9.76. The first kappa shape index (κ1) is 13.8. The molecule has 0 amide bonds. The van der Waals surface area contributed by atoms with Gasteiger partial charge >= 0.3 is 6.18 Å². The van der Waals surface area contributed by atoms with Crippen molar-refractivity contribution in [2.24, 2.45) is 5.73 Å². The summed E-state index contributed by atoms with van der Waals surface area (Å²) in [6.07, 6.45) is -3.86. The Balaban J connectivity index is 2.43. The van der Waals surface area contributed by atoms with Crippen molar-refractivity contribution >= 4 is 0 Å².